The van der Waals surface area contributed by atoms with Crippen LogP contribution in [0.1, 0.15) is 341 Å². The molecule has 18 unspecified atom stereocenters. The van der Waals surface area contributed by atoms with E-state index in [0.717, 1.165) is 218 Å². The van der Waals surface area contributed by atoms with Crippen molar-refractivity contribution >= 4 is 47.8 Å². The lowest BCUT2D eigenvalue weighted by Gasteiger charge is -2.38. The van der Waals surface area contributed by atoms with E-state index < -0.39 is 10.8 Å². The smallest absolute Gasteiger partial charge is 0.311 e. The average Bonchev–Trinajstić information content (AvgIpc) is 1.64. The van der Waals surface area contributed by atoms with Gasteiger partial charge in [-0.3, -0.25) is 38.4 Å². The van der Waals surface area contributed by atoms with E-state index in [0.29, 0.717) is 23.7 Å². The zero-order valence-electron chi connectivity index (χ0n) is 64.8. The van der Waals surface area contributed by atoms with E-state index in [1.54, 1.807) is 0 Å². The Hall–Kier alpha value is -4.24. The van der Waals surface area contributed by atoms with Crippen molar-refractivity contribution in [2.45, 2.75) is 388 Å². The van der Waals surface area contributed by atoms with Crippen molar-refractivity contribution in [3.63, 3.8) is 0 Å². The van der Waals surface area contributed by atoms with Gasteiger partial charge in [0.25, 0.3) is 0 Å². The van der Waals surface area contributed by atoms with Crippen molar-refractivity contribution in [2.24, 2.45) is 93.7 Å². The topological polar surface area (TPSA) is 210 Å². The first-order valence-electron chi connectivity index (χ1n) is 41.2. The monoisotopic (exact) mass is 1400 g/mol. The molecular weight excluding hydrogens is 1260 g/mol. The lowest BCUT2D eigenvalue weighted by molar-refractivity contribution is -0.177. The van der Waals surface area contributed by atoms with Crippen LogP contribution in [0.3, 0.4) is 0 Å². The molecule has 12 fully saturated rings. The van der Waals surface area contributed by atoms with Crippen LogP contribution in [0, 0.1) is 93.7 Å². The van der Waals surface area contributed by atoms with Gasteiger partial charge in [0.15, 0.2) is 0 Å². The SMILES string of the molecule is CCC(C)(C)C(=O)OC1CC2CC(C(=O)OC3(C)CCCCC3)C1C2.CCC(C)C(=O)OC1CC2CC(C(=O)OC3(C)CCCCC3)C1C2.CCC(C)C(=O)OC1CC2CC(C(=O)OC3(CC)CCCCC3)C1C2.CCC1(OC(=O)C2CC3CC(OC(=O)C(C)(C)CC)C2C3)CCCCC1. The molecule has 0 N–H and O–H groups in total. The highest BCUT2D eigenvalue weighted by Gasteiger charge is 2.57. The molecule has 0 amide bonds. The molecule has 12 saturated carbocycles. The lowest BCUT2D eigenvalue weighted by Crippen LogP contribution is -2.42. The number of carbonyl (C=O) groups excluding carboxylic acids is 8. The minimum atomic E-state index is -0.452. The first kappa shape index (κ1) is 79.9. The predicted octanol–water partition coefficient (Wildman–Crippen LogP) is 18.6. The van der Waals surface area contributed by atoms with Crippen molar-refractivity contribution < 1.29 is 76.3 Å². The number of esters is 8. The Morgan fingerprint density at radius 1 is 0.340 bits per heavy atom. The van der Waals surface area contributed by atoms with Gasteiger partial charge < -0.3 is 37.9 Å². The summed E-state index contributed by atoms with van der Waals surface area (Å²) in [5.74, 6) is 1.64. The van der Waals surface area contributed by atoms with Crippen molar-refractivity contribution in [3.8, 4) is 0 Å². The maximum absolute atomic E-state index is 13.0. The molecule has 568 valence electrons. The highest BCUT2D eigenvalue weighted by Crippen LogP contribution is 2.56. The minimum Gasteiger partial charge on any atom is -0.462 e. The molecule has 8 bridgehead atoms. The van der Waals surface area contributed by atoms with E-state index in [4.69, 9.17) is 37.9 Å². The molecule has 0 aromatic carbocycles. The number of hydrogen-bond donors (Lipinski definition) is 0. The maximum atomic E-state index is 13.0. The number of fused-ring (bicyclic) bond motifs is 8. The molecule has 16 heteroatoms. The normalized spacial score (nSPS) is 34.2. The standard InChI is InChI=1S/C22H36O4.2C21H34O4.C20H32O4/c1-5-21(3,4)20(24)25-18-14-15-12-16(18)17(13-15)19(23)26-22(6-2)10-8-7-9-11-22;1-5-20(2,3)19(23)24-17-13-14-11-15(17)16(12-14)18(22)25-21(4)9-7-6-8-10-21;1-4-14(3)19(22)24-18-13-15-11-16(18)17(12-15)20(23)25-21(5-2)9-7-6-8-10-21;1-4-13(2)18(21)23-17-12-14-10-15(17)16(11-14)19(22)24-20(3)8-6-5-7-9-20/h15-18H,5-14H2,1-4H3;14-17H,5-13H2,1-4H3;14-18H,4-13H2,1-3H3;13-17H,4-12H2,1-3H3. The van der Waals surface area contributed by atoms with Gasteiger partial charge in [-0.05, 0) is 284 Å². The van der Waals surface area contributed by atoms with Crippen molar-refractivity contribution in [1.29, 1.82) is 0 Å². The molecule has 0 spiro atoms. The van der Waals surface area contributed by atoms with Gasteiger partial charge in [-0.25, -0.2) is 0 Å². The number of rotatable bonds is 22. The first-order chi connectivity index (χ1) is 47.4. The summed E-state index contributed by atoms with van der Waals surface area (Å²) in [5, 5.41) is 0. The Bertz CT molecular complexity index is 2760. The van der Waals surface area contributed by atoms with Crippen LogP contribution in [0.2, 0.25) is 0 Å². The van der Waals surface area contributed by atoms with Crippen molar-refractivity contribution in [3.05, 3.63) is 0 Å². The molecule has 18 atom stereocenters. The second-order valence-electron chi connectivity index (χ2n) is 36.2. The summed E-state index contributed by atoms with van der Waals surface area (Å²) in [4.78, 5) is 101. The Morgan fingerprint density at radius 3 is 0.830 bits per heavy atom. The maximum Gasteiger partial charge on any atom is 0.311 e. The molecule has 100 heavy (non-hydrogen) atoms. The van der Waals surface area contributed by atoms with E-state index in [1.165, 1.54) is 25.7 Å². The highest BCUT2D eigenvalue weighted by molar-refractivity contribution is 5.79. The molecule has 12 rings (SSSR count). The highest BCUT2D eigenvalue weighted by atomic mass is 16.6. The van der Waals surface area contributed by atoms with Crippen LogP contribution in [-0.4, -0.2) is 94.6 Å². The molecular formula is C84H136O16. The zero-order valence-corrected chi connectivity index (χ0v) is 64.8. The average molecular weight is 1400 g/mol. The Morgan fingerprint density at radius 2 is 0.590 bits per heavy atom. The lowest BCUT2D eigenvalue weighted by atomic mass is 9.81. The van der Waals surface area contributed by atoms with Gasteiger partial charge in [-0.15, -0.1) is 0 Å². The van der Waals surface area contributed by atoms with Crippen LogP contribution in [0.15, 0.2) is 0 Å². The van der Waals surface area contributed by atoms with Crippen molar-refractivity contribution in [2.75, 3.05) is 0 Å². The fourth-order valence-corrected chi connectivity index (χ4v) is 20.0. The van der Waals surface area contributed by atoms with Gasteiger partial charge in [0.2, 0.25) is 0 Å². The van der Waals surface area contributed by atoms with Gasteiger partial charge >= 0.3 is 47.8 Å². The summed E-state index contributed by atoms with van der Waals surface area (Å²) in [6, 6.07) is 0. The van der Waals surface area contributed by atoms with E-state index in [2.05, 4.69) is 27.7 Å². The predicted molar refractivity (Wildman–Crippen MR) is 383 cm³/mol. The summed E-state index contributed by atoms with van der Waals surface area (Å²) in [5.41, 5.74) is -1.94. The third kappa shape index (κ3) is 19.4. The van der Waals surface area contributed by atoms with Gasteiger partial charge in [-0.2, -0.15) is 0 Å². The van der Waals surface area contributed by atoms with Crippen molar-refractivity contribution in [1.82, 2.24) is 0 Å². The Labute approximate surface area is 602 Å². The van der Waals surface area contributed by atoms with E-state index >= 15 is 0 Å². The number of hydrogen-bond acceptors (Lipinski definition) is 16. The molecule has 0 aromatic heterocycles. The van der Waals surface area contributed by atoms with E-state index in [-0.39, 0.29) is 154 Å². The van der Waals surface area contributed by atoms with Crippen LogP contribution >= 0.6 is 0 Å². The first-order valence-corrected chi connectivity index (χ1v) is 41.2. The van der Waals surface area contributed by atoms with Gasteiger partial charge in [0.05, 0.1) is 46.3 Å². The number of ether oxygens (including phenoxy) is 8. The van der Waals surface area contributed by atoms with E-state index in [1.807, 2.05) is 69.2 Å². The second kappa shape index (κ2) is 34.3. The molecule has 0 aliphatic heterocycles. The fraction of sp³-hybridized carbons (Fsp3) is 0.905. The minimum absolute atomic E-state index is 0.0273. The zero-order chi connectivity index (χ0) is 72.5. The summed E-state index contributed by atoms with van der Waals surface area (Å²) >= 11 is 0. The van der Waals surface area contributed by atoms with Gasteiger partial charge in [0.1, 0.15) is 46.8 Å². The summed E-state index contributed by atoms with van der Waals surface area (Å²) in [7, 11) is 0. The molecule has 12 aliphatic carbocycles. The van der Waals surface area contributed by atoms with Crippen LogP contribution in [0.25, 0.3) is 0 Å². The number of carbonyl (C=O) groups is 8. The largest absolute Gasteiger partial charge is 0.462 e. The van der Waals surface area contributed by atoms with Crippen LogP contribution in [0.4, 0.5) is 0 Å². The summed E-state index contributed by atoms with van der Waals surface area (Å²) in [6.07, 6.45) is 38.0. The molecule has 0 aromatic rings. The van der Waals surface area contributed by atoms with Gasteiger partial charge in [0, 0.05) is 23.7 Å². The quantitative estimate of drug-likeness (QED) is 0.0729. The molecule has 0 saturated heterocycles. The van der Waals surface area contributed by atoms with Gasteiger partial charge in [-0.1, -0.05) is 81.1 Å². The van der Waals surface area contributed by atoms with Crippen LogP contribution in [-0.2, 0) is 76.3 Å². The second-order valence-corrected chi connectivity index (χ2v) is 36.2. The third-order valence-corrected chi connectivity index (χ3v) is 28.1. The molecule has 0 radical (unpaired) electrons. The summed E-state index contributed by atoms with van der Waals surface area (Å²) in [6.45, 7) is 28.0. The molecule has 16 nitrogen and oxygen atoms in total. The summed E-state index contributed by atoms with van der Waals surface area (Å²) < 4.78 is 47.4. The molecule has 12 aliphatic rings. The Balaban J connectivity index is 0.000000156. The van der Waals surface area contributed by atoms with E-state index in [9.17, 15) is 38.4 Å². The van der Waals surface area contributed by atoms with Crippen LogP contribution in [0.5, 0.6) is 0 Å². The third-order valence-electron chi connectivity index (χ3n) is 28.1. The molecule has 0 heterocycles. The Kier molecular flexibility index (Phi) is 27.4. The van der Waals surface area contributed by atoms with Crippen LogP contribution < -0.4 is 0 Å². The fourth-order valence-electron chi connectivity index (χ4n) is 20.0.